The zero-order chi connectivity index (χ0) is 13.1. The molecule has 0 radical (unpaired) electrons. The fraction of sp³-hybridized carbons (Fsp3) is 0.538. The SMILES string of the molecule is COCCCn1c(C(C)Cl)nc2c(C)ccnc21. The average molecular weight is 268 g/mol. The molecule has 0 fully saturated rings. The second kappa shape index (κ2) is 5.67. The van der Waals surface area contributed by atoms with E-state index in [9.17, 15) is 0 Å². The van der Waals surface area contributed by atoms with E-state index in [-0.39, 0.29) is 5.38 Å². The van der Waals surface area contributed by atoms with Crippen LogP contribution in [0, 0.1) is 6.92 Å². The zero-order valence-corrected chi connectivity index (χ0v) is 11.7. The lowest BCUT2D eigenvalue weighted by Gasteiger charge is -2.09. The lowest BCUT2D eigenvalue weighted by molar-refractivity contribution is 0.190. The first-order valence-electron chi connectivity index (χ1n) is 6.10. The van der Waals surface area contributed by atoms with Crippen molar-refractivity contribution in [1.82, 2.24) is 14.5 Å². The number of hydrogen-bond donors (Lipinski definition) is 0. The summed E-state index contributed by atoms with van der Waals surface area (Å²) >= 11 is 6.20. The summed E-state index contributed by atoms with van der Waals surface area (Å²) in [5, 5.41) is -0.124. The molecule has 98 valence electrons. The second-order valence-corrected chi connectivity index (χ2v) is 5.04. The number of rotatable bonds is 5. The monoisotopic (exact) mass is 267 g/mol. The first-order valence-corrected chi connectivity index (χ1v) is 6.53. The summed E-state index contributed by atoms with van der Waals surface area (Å²) < 4.78 is 7.19. The quantitative estimate of drug-likeness (QED) is 0.617. The molecule has 0 amide bonds. The van der Waals surface area contributed by atoms with E-state index in [4.69, 9.17) is 16.3 Å². The van der Waals surface area contributed by atoms with Crippen LogP contribution in [0.4, 0.5) is 0 Å². The number of alkyl halides is 1. The number of fused-ring (bicyclic) bond motifs is 1. The molecule has 1 atom stereocenters. The van der Waals surface area contributed by atoms with Crippen molar-refractivity contribution in [3.05, 3.63) is 23.7 Å². The molecule has 2 aromatic heterocycles. The van der Waals surface area contributed by atoms with E-state index < -0.39 is 0 Å². The lowest BCUT2D eigenvalue weighted by atomic mass is 10.3. The van der Waals surface area contributed by atoms with Gasteiger partial charge in [0.25, 0.3) is 0 Å². The van der Waals surface area contributed by atoms with Gasteiger partial charge in [-0.15, -0.1) is 11.6 Å². The number of methoxy groups -OCH3 is 1. The smallest absolute Gasteiger partial charge is 0.160 e. The van der Waals surface area contributed by atoms with Crippen molar-refractivity contribution in [2.45, 2.75) is 32.2 Å². The molecular weight excluding hydrogens is 250 g/mol. The minimum Gasteiger partial charge on any atom is -0.385 e. The normalized spacial score (nSPS) is 13.1. The summed E-state index contributed by atoms with van der Waals surface area (Å²) in [4.78, 5) is 9.04. The van der Waals surface area contributed by atoms with E-state index in [1.54, 1.807) is 7.11 Å². The Hall–Kier alpha value is -1.13. The topological polar surface area (TPSA) is 39.9 Å². The summed E-state index contributed by atoms with van der Waals surface area (Å²) in [5.41, 5.74) is 2.98. The van der Waals surface area contributed by atoms with E-state index in [0.717, 1.165) is 42.1 Å². The van der Waals surface area contributed by atoms with Crippen LogP contribution in [0.2, 0.25) is 0 Å². The molecule has 0 bridgehead atoms. The number of aryl methyl sites for hydroxylation is 2. The molecule has 18 heavy (non-hydrogen) atoms. The molecule has 5 heteroatoms. The molecule has 4 nitrogen and oxygen atoms in total. The molecule has 0 saturated heterocycles. The van der Waals surface area contributed by atoms with Crippen LogP contribution >= 0.6 is 11.6 Å². The number of aromatic nitrogens is 3. The lowest BCUT2D eigenvalue weighted by Crippen LogP contribution is -2.07. The van der Waals surface area contributed by atoms with E-state index in [1.165, 1.54) is 0 Å². The molecule has 0 saturated carbocycles. The highest BCUT2D eigenvalue weighted by molar-refractivity contribution is 6.20. The van der Waals surface area contributed by atoms with Gasteiger partial charge in [0.2, 0.25) is 0 Å². The van der Waals surface area contributed by atoms with Gasteiger partial charge in [0.05, 0.1) is 5.38 Å². The van der Waals surface area contributed by atoms with Gasteiger partial charge in [-0.2, -0.15) is 0 Å². The number of imidazole rings is 1. The maximum absolute atomic E-state index is 6.20. The van der Waals surface area contributed by atoms with E-state index in [1.807, 2.05) is 26.1 Å². The number of pyridine rings is 1. The zero-order valence-electron chi connectivity index (χ0n) is 11.0. The minimum absolute atomic E-state index is 0.124. The fourth-order valence-electron chi connectivity index (χ4n) is 2.05. The minimum atomic E-state index is -0.124. The number of nitrogens with zero attached hydrogens (tertiary/aromatic N) is 3. The van der Waals surface area contributed by atoms with Gasteiger partial charge >= 0.3 is 0 Å². The number of ether oxygens (including phenoxy) is 1. The van der Waals surface area contributed by atoms with Crippen molar-refractivity contribution >= 4 is 22.8 Å². The van der Waals surface area contributed by atoms with Crippen molar-refractivity contribution < 1.29 is 4.74 Å². The van der Waals surface area contributed by atoms with Crippen molar-refractivity contribution in [3.8, 4) is 0 Å². The van der Waals surface area contributed by atoms with Gasteiger partial charge in [-0.05, 0) is 31.9 Å². The molecular formula is C13H18ClN3O. The third-order valence-electron chi connectivity index (χ3n) is 2.95. The summed E-state index contributed by atoms with van der Waals surface area (Å²) in [6.07, 6.45) is 2.74. The Morgan fingerprint density at radius 3 is 2.94 bits per heavy atom. The fourth-order valence-corrected chi connectivity index (χ4v) is 2.21. The molecule has 0 aliphatic heterocycles. The largest absolute Gasteiger partial charge is 0.385 e. The number of halogens is 1. The van der Waals surface area contributed by atoms with Crippen LogP contribution in [0.25, 0.3) is 11.2 Å². The molecule has 2 aromatic rings. The van der Waals surface area contributed by atoms with Crippen LogP contribution in [-0.4, -0.2) is 28.3 Å². The highest BCUT2D eigenvalue weighted by atomic mass is 35.5. The Morgan fingerprint density at radius 1 is 1.50 bits per heavy atom. The molecule has 0 N–H and O–H groups in total. The molecule has 0 aliphatic rings. The van der Waals surface area contributed by atoms with Gasteiger partial charge in [0, 0.05) is 26.5 Å². The van der Waals surface area contributed by atoms with Gasteiger partial charge in [0.15, 0.2) is 5.65 Å². The number of hydrogen-bond acceptors (Lipinski definition) is 3. The maximum Gasteiger partial charge on any atom is 0.160 e. The van der Waals surface area contributed by atoms with Crippen LogP contribution in [0.15, 0.2) is 12.3 Å². The first kappa shape index (κ1) is 13.3. The summed E-state index contributed by atoms with van der Waals surface area (Å²) in [6, 6.07) is 1.97. The summed E-state index contributed by atoms with van der Waals surface area (Å²) in [7, 11) is 1.71. The predicted octanol–water partition coefficient (Wildman–Crippen LogP) is 3.08. The maximum atomic E-state index is 6.20. The Balaban J connectivity index is 2.46. The predicted molar refractivity (Wildman–Crippen MR) is 73.0 cm³/mol. The first-order chi connectivity index (χ1) is 8.65. The molecule has 0 aromatic carbocycles. The van der Waals surface area contributed by atoms with Gasteiger partial charge in [0.1, 0.15) is 11.3 Å². The Kier molecular flexibility index (Phi) is 4.19. The molecule has 2 heterocycles. The Morgan fingerprint density at radius 2 is 2.28 bits per heavy atom. The molecule has 0 spiro atoms. The van der Waals surface area contributed by atoms with Gasteiger partial charge in [-0.3, -0.25) is 0 Å². The molecule has 0 aliphatic carbocycles. The molecule has 1 unspecified atom stereocenters. The van der Waals surface area contributed by atoms with Gasteiger partial charge < -0.3 is 9.30 Å². The van der Waals surface area contributed by atoms with Crippen molar-refractivity contribution in [1.29, 1.82) is 0 Å². The highest BCUT2D eigenvalue weighted by Crippen LogP contribution is 2.25. The van der Waals surface area contributed by atoms with E-state index in [2.05, 4.69) is 14.5 Å². The van der Waals surface area contributed by atoms with Crippen LogP contribution < -0.4 is 0 Å². The van der Waals surface area contributed by atoms with E-state index in [0.29, 0.717) is 0 Å². The van der Waals surface area contributed by atoms with Crippen LogP contribution in [0.5, 0.6) is 0 Å². The van der Waals surface area contributed by atoms with Crippen molar-refractivity contribution in [2.24, 2.45) is 0 Å². The van der Waals surface area contributed by atoms with Gasteiger partial charge in [-0.1, -0.05) is 0 Å². The third kappa shape index (κ3) is 2.49. The second-order valence-electron chi connectivity index (χ2n) is 4.38. The molecule has 2 rings (SSSR count). The van der Waals surface area contributed by atoms with Crippen LogP contribution in [-0.2, 0) is 11.3 Å². The van der Waals surface area contributed by atoms with Crippen LogP contribution in [0.1, 0.15) is 30.1 Å². The van der Waals surface area contributed by atoms with Crippen molar-refractivity contribution in [2.75, 3.05) is 13.7 Å². The summed E-state index contributed by atoms with van der Waals surface area (Å²) in [6.45, 7) is 5.53. The Labute approximate surface area is 112 Å². The third-order valence-corrected chi connectivity index (χ3v) is 3.15. The average Bonchev–Trinajstić information content (AvgIpc) is 2.70. The standard InChI is InChI=1S/C13H18ClN3O/c1-9-5-6-15-13-11(9)16-12(10(2)14)17(13)7-4-8-18-3/h5-6,10H,4,7-8H2,1-3H3. The Bertz CT molecular complexity index is 536. The summed E-state index contributed by atoms with van der Waals surface area (Å²) in [5.74, 6) is 0.879. The van der Waals surface area contributed by atoms with Crippen molar-refractivity contribution in [3.63, 3.8) is 0 Å². The van der Waals surface area contributed by atoms with Gasteiger partial charge in [-0.25, -0.2) is 9.97 Å². The highest BCUT2D eigenvalue weighted by Gasteiger charge is 2.16. The van der Waals surface area contributed by atoms with E-state index >= 15 is 0 Å². The van der Waals surface area contributed by atoms with Crippen LogP contribution in [0.3, 0.4) is 0 Å².